The Balaban J connectivity index is 1.45. The summed E-state index contributed by atoms with van der Waals surface area (Å²) < 4.78 is 5.34. The number of nitrogens with zero attached hydrogens (tertiary/aromatic N) is 4. The summed E-state index contributed by atoms with van der Waals surface area (Å²) >= 11 is 0. The molecule has 0 radical (unpaired) electrons. The van der Waals surface area contributed by atoms with E-state index < -0.39 is 0 Å². The normalized spacial score (nSPS) is 22.2. The third kappa shape index (κ3) is 4.99. The zero-order valence-corrected chi connectivity index (χ0v) is 14.7. The van der Waals surface area contributed by atoms with Gasteiger partial charge in [0.25, 0.3) is 0 Å². The monoisotopic (exact) mass is 350 g/mol. The van der Waals surface area contributed by atoms with Gasteiger partial charge in [0.15, 0.2) is 5.82 Å². The average Bonchev–Trinajstić information content (AvgIpc) is 3.05. The van der Waals surface area contributed by atoms with Gasteiger partial charge in [-0.05, 0) is 13.3 Å². The number of carbonyl (C=O) groups excluding carboxylic acids is 2. The molecule has 3 rings (SSSR count). The molecule has 3 heterocycles. The molecule has 9 nitrogen and oxygen atoms in total. The van der Waals surface area contributed by atoms with Crippen molar-refractivity contribution < 1.29 is 14.3 Å². The first-order valence-corrected chi connectivity index (χ1v) is 8.85. The lowest BCUT2D eigenvalue weighted by molar-refractivity contribution is -0.138. The van der Waals surface area contributed by atoms with Gasteiger partial charge in [0.1, 0.15) is 5.82 Å². The van der Waals surface area contributed by atoms with Crippen LogP contribution in [0.15, 0.2) is 0 Å². The minimum absolute atomic E-state index is 0.0358. The zero-order valence-electron chi connectivity index (χ0n) is 14.7. The Morgan fingerprint density at radius 1 is 1.36 bits per heavy atom. The maximum atomic E-state index is 12.4. The summed E-state index contributed by atoms with van der Waals surface area (Å²) in [5.74, 6) is 1.24. The summed E-state index contributed by atoms with van der Waals surface area (Å²) in [5.41, 5.74) is 0. The predicted octanol–water partition coefficient (Wildman–Crippen LogP) is -0.700. The lowest BCUT2D eigenvalue weighted by Gasteiger charge is -2.34. The smallest absolute Gasteiger partial charge is 0.225 e. The topological polar surface area (TPSA) is 103 Å². The highest BCUT2D eigenvalue weighted by Crippen LogP contribution is 2.18. The number of aromatic amines is 1. The fourth-order valence-electron chi connectivity index (χ4n) is 3.21. The fourth-order valence-corrected chi connectivity index (χ4v) is 3.21. The molecule has 9 heteroatoms. The van der Waals surface area contributed by atoms with Crippen LogP contribution in [0.1, 0.15) is 24.5 Å². The first-order chi connectivity index (χ1) is 12.1. The molecule has 25 heavy (non-hydrogen) atoms. The molecule has 0 spiro atoms. The predicted molar refractivity (Wildman–Crippen MR) is 89.5 cm³/mol. The van der Waals surface area contributed by atoms with Crippen molar-refractivity contribution in [3.63, 3.8) is 0 Å². The minimum Gasteiger partial charge on any atom is -0.379 e. The minimum atomic E-state index is -0.164. The van der Waals surface area contributed by atoms with Gasteiger partial charge >= 0.3 is 0 Å². The average molecular weight is 350 g/mol. The summed E-state index contributed by atoms with van der Waals surface area (Å²) in [6, 6.07) is 0. The summed E-state index contributed by atoms with van der Waals surface area (Å²) in [6.07, 6.45) is 1.03. The van der Waals surface area contributed by atoms with Crippen LogP contribution in [0.2, 0.25) is 0 Å². The maximum Gasteiger partial charge on any atom is 0.225 e. The van der Waals surface area contributed by atoms with Gasteiger partial charge in [-0.25, -0.2) is 4.98 Å². The van der Waals surface area contributed by atoms with Crippen molar-refractivity contribution in [1.82, 2.24) is 30.3 Å². The van der Waals surface area contributed by atoms with Crippen LogP contribution in [0.5, 0.6) is 0 Å². The number of amides is 2. The second-order valence-electron chi connectivity index (χ2n) is 6.58. The van der Waals surface area contributed by atoms with Crippen LogP contribution >= 0.6 is 0 Å². The van der Waals surface area contributed by atoms with E-state index in [0.717, 1.165) is 38.7 Å². The van der Waals surface area contributed by atoms with E-state index in [9.17, 15) is 9.59 Å². The molecule has 1 aromatic rings. The Labute approximate surface area is 147 Å². The summed E-state index contributed by atoms with van der Waals surface area (Å²) in [6.45, 7) is 7.42. The molecular formula is C16H26N6O3. The molecule has 2 aliphatic rings. The quantitative estimate of drug-likeness (QED) is 0.703. The van der Waals surface area contributed by atoms with E-state index in [1.807, 2.05) is 11.8 Å². The first kappa shape index (κ1) is 17.8. The molecule has 2 aliphatic heterocycles. The van der Waals surface area contributed by atoms with E-state index in [2.05, 4.69) is 25.4 Å². The van der Waals surface area contributed by atoms with Gasteiger partial charge < -0.3 is 15.0 Å². The lowest BCUT2D eigenvalue weighted by atomic mass is 9.96. The Morgan fingerprint density at radius 2 is 2.16 bits per heavy atom. The molecule has 138 valence electrons. The van der Waals surface area contributed by atoms with Crippen LogP contribution < -0.4 is 5.32 Å². The molecule has 2 N–H and O–H groups in total. The number of H-pyrrole nitrogens is 1. The number of hydrogen-bond acceptors (Lipinski definition) is 6. The Morgan fingerprint density at radius 3 is 2.88 bits per heavy atom. The number of aromatic nitrogens is 3. The molecule has 0 unspecified atom stereocenters. The highest BCUT2D eigenvalue weighted by atomic mass is 16.5. The third-order valence-electron chi connectivity index (χ3n) is 4.73. The molecule has 0 bridgehead atoms. The molecule has 2 saturated heterocycles. The number of rotatable bonds is 6. The highest BCUT2D eigenvalue weighted by molar-refractivity contribution is 5.83. The van der Waals surface area contributed by atoms with Gasteiger partial charge in [-0.1, -0.05) is 0 Å². The number of morpholine rings is 1. The van der Waals surface area contributed by atoms with Crippen LogP contribution in [-0.4, -0.2) is 82.7 Å². The summed E-state index contributed by atoms with van der Waals surface area (Å²) in [4.78, 5) is 32.8. The highest BCUT2D eigenvalue weighted by Gasteiger charge is 2.30. The molecule has 2 amide bonds. The van der Waals surface area contributed by atoms with Crippen LogP contribution in [0.4, 0.5) is 0 Å². The number of carbonyl (C=O) groups is 2. The number of ether oxygens (including phenoxy) is 1. The van der Waals surface area contributed by atoms with Crippen molar-refractivity contribution in [2.75, 3.05) is 45.9 Å². The number of aryl methyl sites for hydroxylation is 1. The Hall–Kier alpha value is -2.00. The van der Waals surface area contributed by atoms with Crippen molar-refractivity contribution in [1.29, 1.82) is 0 Å². The van der Waals surface area contributed by atoms with E-state index >= 15 is 0 Å². The van der Waals surface area contributed by atoms with Gasteiger partial charge in [0.05, 0.1) is 25.7 Å². The van der Waals surface area contributed by atoms with Crippen LogP contribution in [-0.2, 0) is 20.9 Å². The van der Waals surface area contributed by atoms with Crippen LogP contribution in [0, 0.1) is 12.8 Å². The van der Waals surface area contributed by atoms with Gasteiger partial charge in [-0.15, -0.1) is 0 Å². The lowest BCUT2D eigenvalue weighted by Crippen LogP contribution is -2.49. The fraction of sp³-hybridized carbons (Fsp3) is 0.750. The number of nitrogens with one attached hydrogen (secondary N) is 2. The molecule has 0 saturated carbocycles. The third-order valence-corrected chi connectivity index (χ3v) is 4.73. The Kier molecular flexibility index (Phi) is 5.98. The number of likely N-dealkylation sites (tertiary alicyclic amines) is 1. The van der Waals surface area contributed by atoms with Crippen molar-refractivity contribution in [3.05, 3.63) is 11.6 Å². The van der Waals surface area contributed by atoms with Crippen molar-refractivity contribution >= 4 is 11.8 Å². The molecular weight excluding hydrogens is 324 g/mol. The number of piperidine rings is 1. The van der Waals surface area contributed by atoms with E-state index in [1.165, 1.54) is 0 Å². The second-order valence-corrected chi connectivity index (χ2v) is 6.58. The first-order valence-electron chi connectivity index (χ1n) is 8.85. The molecule has 1 atom stereocenters. The SMILES string of the molecule is Cc1nc(CNC(=O)[C@@H]2CCC(=O)N(CCN3CCOCC3)C2)n[nH]1. The molecule has 2 fully saturated rings. The van der Waals surface area contributed by atoms with Crippen molar-refractivity contribution in [2.45, 2.75) is 26.3 Å². The molecule has 0 aromatic carbocycles. The van der Waals surface area contributed by atoms with Crippen molar-refractivity contribution in [3.8, 4) is 0 Å². The Bertz CT molecular complexity index is 598. The van der Waals surface area contributed by atoms with Crippen LogP contribution in [0.25, 0.3) is 0 Å². The molecule has 0 aliphatic carbocycles. The standard InChI is InChI=1S/C16H26N6O3/c1-12-18-14(20-19-12)10-17-16(24)13-2-3-15(23)22(11-13)5-4-21-6-8-25-9-7-21/h13H,2-11H2,1H3,(H,17,24)(H,18,19,20)/t13-/m1/s1. The van der Waals surface area contributed by atoms with E-state index in [-0.39, 0.29) is 17.7 Å². The maximum absolute atomic E-state index is 12.4. The van der Waals surface area contributed by atoms with Crippen LogP contribution in [0.3, 0.4) is 0 Å². The number of hydrogen-bond donors (Lipinski definition) is 2. The van der Waals surface area contributed by atoms with Crippen molar-refractivity contribution in [2.24, 2.45) is 5.92 Å². The summed E-state index contributed by atoms with van der Waals surface area (Å²) in [5, 5.41) is 9.64. The van der Waals surface area contributed by atoms with Gasteiger partial charge in [-0.2, -0.15) is 5.10 Å². The van der Waals surface area contributed by atoms with E-state index in [4.69, 9.17) is 4.74 Å². The van der Waals surface area contributed by atoms with E-state index in [1.54, 1.807) is 0 Å². The largest absolute Gasteiger partial charge is 0.379 e. The molecule has 1 aromatic heterocycles. The van der Waals surface area contributed by atoms with Gasteiger partial charge in [-0.3, -0.25) is 19.6 Å². The van der Waals surface area contributed by atoms with E-state index in [0.29, 0.717) is 38.3 Å². The summed E-state index contributed by atoms with van der Waals surface area (Å²) in [7, 11) is 0. The zero-order chi connectivity index (χ0) is 17.6. The van der Waals surface area contributed by atoms with Gasteiger partial charge in [0, 0.05) is 39.1 Å². The second kappa shape index (κ2) is 8.39. The van der Waals surface area contributed by atoms with Gasteiger partial charge in [0.2, 0.25) is 11.8 Å².